The molecule has 3 nitrogen and oxygen atoms in total. The summed E-state index contributed by atoms with van der Waals surface area (Å²) in [6, 6.07) is -0.339. The number of aliphatic carboxylic acids is 1. The summed E-state index contributed by atoms with van der Waals surface area (Å²) in [5, 5.41) is 10.1. The van der Waals surface area contributed by atoms with E-state index in [4.69, 9.17) is 0 Å². The van der Waals surface area contributed by atoms with Gasteiger partial charge in [0, 0.05) is 12.0 Å². The zero-order valence-electron chi connectivity index (χ0n) is 8.78. The Morgan fingerprint density at radius 3 is 2.05 bits per heavy atom. The molecule has 0 saturated carbocycles. The quantitative estimate of drug-likeness (QED) is 0.480. The lowest BCUT2D eigenvalue weighted by Crippen LogP contribution is -2.27. The number of rotatable bonds is 3. The molecule has 0 spiro atoms. The highest BCUT2D eigenvalue weighted by atomic mass is 19.4. The van der Waals surface area contributed by atoms with Gasteiger partial charge in [0.2, 0.25) is 0 Å². The summed E-state index contributed by atoms with van der Waals surface area (Å²) in [4.78, 5) is 21.2. The van der Waals surface area contributed by atoms with Gasteiger partial charge in [0.05, 0.1) is 12.0 Å². The minimum absolute atomic E-state index is 0.339. The summed E-state index contributed by atoms with van der Waals surface area (Å²) in [6.07, 6.45) is -7.03. The van der Waals surface area contributed by atoms with Crippen LogP contribution in [0.3, 0.4) is 0 Å². The maximum atomic E-state index is 13.4. The number of Topliss-reactive ketones (excluding diaryl/α,β-unsaturated/α-hetero) is 1. The highest BCUT2D eigenvalue weighted by Crippen LogP contribution is 2.35. The first-order valence-corrected chi connectivity index (χ1v) is 4.53. The van der Waals surface area contributed by atoms with E-state index in [1.54, 1.807) is 0 Å². The number of carbonyl (C=O) groups is 2. The van der Waals surface area contributed by atoms with Crippen LogP contribution >= 0.6 is 0 Å². The summed E-state index contributed by atoms with van der Waals surface area (Å²) < 4.78 is 76.2. The fourth-order valence-corrected chi connectivity index (χ4v) is 1.33. The van der Waals surface area contributed by atoms with E-state index in [2.05, 4.69) is 0 Å². The van der Waals surface area contributed by atoms with Crippen molar-refractivity contribution >= 4 is 11.8 Å². The summed E-state index contributed by atoms with van der Waals surface area (Å²) in [6.45, 7) is 0. The van der Waals surface area contributed by atoms with Crippen LogP contribution < -0.4 is 5.11 Å². The minimum atomic E-state index is -5.50. The van der Waals surface area contributed by atoms with Gasteiger partial charge in [-0.1, -0.05) is 0 Å². The van der Waals surface area contributed by atoms with Gasteiger partial charge in [0.25, 0.3) is 0 Å². The van der Waals surface area contributed by atoms with Crippen molar-refractivity contribution in [3.63, 3.8) is 0 Å². The van der Waals surface area contributed by atoms with Crippen LogP contribution in [0.5, 0.6) is 0 Å². The van der Waals surface area contributed by atoms with E-state index in [1.807, 2.05) is 0 Å². The minimum Gasteiger partial charge on any atom is -0.550 e. The molecule has 0 amide bonds. The molecule has 0 aliphatic carbocycles. The number of ketones is 1. The predicted molar refractivity (Wildman–Crippen MR) is 45.3 cm³/mol. The second kappa shape index (κ2) is 4.90. The lowest BCUT2D eigenvalue weighted by atomic mass is 10.0. The van der Waals surface area contributed by atoms with Crippen molar-refractivity contribution in [3.05, 3.63) is 34.6 Å². The summed E-state index contributed by atoms with van der Waals surface area (Å²) in [7, 11) is 0. The molecule has 0 aromatic heterocycles. The van der Waals surface area contributed by atoms with E-state index in [1.165, 1.54) is 0 Å². The van der Waals surface area contributed by atoms with Crippen LogP contribution in [0.25, 0.3) is 0 Å². The molecule has 104 valence electrons. The SMILES string of the molecule is O=C([O-])CC(=O)c1c(F)cc(F)c(C(F)(F)F)c1F. The van der Waals surface area contributed by atoms with Crippen molar-refractivity contribution in [1.29, 1.82) is 0 Å². The van der Waals surface area contributed by atoms with Gasteiger partial charge in [0.1, 0.15) is 17.2 Å². The Morgan fingerprint density at radius 2 is 1.63 bits per heavy atom. The van der Waals surface area contributed by atoms with Crippen LogP contribution in [-0.2, 0) is 11.0 Å². The molecule has 1 aromatic rings. The van der Waals surface area contributed by atoms with E-state index in [-0.39, 0.29) is 6.07 Å². The normalized spacial score (nSPS) is 11.5. The van der Waals surface area contributed by atoms with Gasteiger partial charge >= 0.3 is 6.18 Å². The number of carbonyl (C=O) groups excluding carboxylic acids is 2. The van der Waals surface area contributed by atoms with Crippen LogP contribution in [0, 0.1) is 17.5 Å². The zero-order chi connectivity index (χ0) is 15.0. The third-order valence-corrected chi connectivity index (χ3v) is 2.04. The molecule has 0 fully saturated rings. The third kappa shape index (κ3) is 3.04. The molecular formula is C10H3F6O3-. The number of alkyl halides is 3. The monoisotopic (exact) mass is 285 g/mol. The highest BCUT2D eigenvalue weighted by molar-refractivity contribution is 6.05. The molecule has 19 heavy (non-hydrogen) atoms. The van der Waals surface area contributed by atoms with Gasteiger partial charge in [0.15, 0.2) is 11.6 Å². The number of halogens is 6. The van der Waals surface area contributed by atoms with E-state index in [0.29, 0.717) is 0 Å². The molecule has 0 aliphatic heterocycles. The third-order valence-electron chi connectivity index (χ3n) is 2.04. The number of hydrogen-bond acceptors (Lipinski definition) is 3. The number of carboxylic acids is 1. The highest BCUT2D eigenvalue weighted by Gasteiger charge is 2.40. The second-order valence-electron chi connectivity index (χ2n) is 3.37. The lowest BCUT2D eigenvalue weighted by Gasteiger charge is -2.13. The standard InChI is InChI=1S/C10H4F6O3/c11-3-1-4(12)8(10(14,15)16)9(13)7(3)5(17)2-6(18)19/h1H,2H2,(H,18,19)/p-1. The molecule has 0 unspecified atom stereocenters. The van der Waals surface area contributed by atoms with Gasteiger partial charge in [-0.25, -0.2) is 13.2 Å². The maximum absolute atomic E-state index is 13.4. The van der Waals surface area contributed by atoms with Gasteiger partial charge in [-0.05, 0) is 0 Å². The Hall–Kier alpha value is -2.06. The van der Waals surface area contributed by atoms with Gasteiger partial charge in [-0.3, -0.25) is 4.79 Å². The van der Waals surface area contributed by atoms with Gasteiger partial charge in [-0.15, -0.1) is 0 Å². The second-order valence-corrected chi connectivity index (χ2v) is 3.37. The number of carboxylic acid groups (broad SMARTS) is 1. The van der Waals surface area contributed by atoms with Crippen LogP contribution in [0.15, 0.2) is 6.07 Å². The predicted octanol–water partition coefficient (Wildman–Crippen LogP) is 1.45. The van der Waals surface area contributed by atoms with Gasteiger partial charge in [-0.2, -0.15) is 13.2 Å². The first kappa shape index (κ1) is 15.0. The van der Waals surface area contributed by atoms with Crippen LogP contribution in [0.1, 0.15) is 22.3 Å². The van der Waals surface area contributed by atoms with Crippen molar-refractivity contribution in [2.75, 3.05) is 0 Å². The molecule has 9 heteroatoms. The molecule has 0 saturated heterocycles. The van der Waals surface area contributed by atoms with E-state index in [9.17, 15) is 41.0 Å². The Labute approximate surface area is 101 Å². The molecule has 0 heterocycles. The van der Waals surface area contributed by atoms with Crippen molar-refractivity contribution in [3.8, 4) is 0 Å². The molecule has 0 N–H and O–H groups in total. The Balaban J connectivity index is 3.50. The van der Waals surface area contributed by atoms with E-state index >= 15 is 0 Å². The Morgan fingerprint density at radius 1 is 1.11 bits per heavy atom. The lowest BCUT2D eigenvalue weighted by molar-refractivity contribution is -0.304. The van der Waals surface area contributed by atoms with Crippen LogP contribution in [0.2, 0.25) is 0 Å². The maximum Gasteiger partial charge on any atom is 0.422 e. The van der Waals surface area contributed by atoms with Crippen molar-refractivity contribution in [1.82, 2.24) is 0 Å². The van der Waals surface area contributed by atoms with Crippen LogP contribution in [-0.4, -0.2) is 11.8 Å². The van der Waals surface area contributed by atoms with E-state index in [0.717, 1.165) is 0 Å². The first-order chi connectivity index (χ1) is 8.55. The first-order valence-electron chi connectivity index (χ1n) is 4.53. The zero-order valence-corrected chi connectivity index (χ0v) is 8.78. The van der Waals surface area contributed by atoms with Gasteiger partial charge < -0.3 is 9.90 Å². The van der Waals surface area contributed by atoms with Crippen LogP contribution in [0.4, 0.5) is 26.3 Å². The van der Waals surface area contributed by atoms with Crippen molar-refractivity contribution in [2.45, 2.75) is 12.6 Å². The molecule has 1 rings (SSSR count). The smallest absolute Gasteiger partial charge is 0.422 e. The van der Waals surface area contributed by atoms with Crippen molar-refractivity contribution in [2.24, 2.45) is 0 Å². The summed E-state index contributed by atoms with van der Waals surface area (Å²) in [5.74, 6) is -10.5. The average molecular weight is 285 g/mol. The topological polar surface area (TPSA) is 57.2 Å². The fraction of sp³-hybridized carbons (Fsp3) is 0.200. The van der Waals surface area contributed by atoms with Crippen molar-refractivity contribution < 1.29 is 41.0 Å². The summed E-state index contributed by atoms with van der Waals surface area (Å²) >= 11 is 0. The Kier molecular flexibility index (Phi) is 3.87. The fourth-order valence-electron chi connectivity index (χ4n) is 1.33. The Bertz CT molecular complexity index is 549. The number of hydrogen-bond donors (Lipinski definition) is 0. The molecule has 0 radical (unpaired) electrons. The average Bonchev–Trinajstić information content (AvgIpc) is 2.11. The molecule has 1 aromatic carbocycles. The largest absolute Gasteiger partial charge is 0.550 e. The molecular weight excluding hydrogens is 282 g/mol. The van der Waals surface area contributed by atoms with E-state index < -0.39 is 52.9 Å². The molecule has 0 bridgehead atoms. The molecule has 0 aliphatic rings. The number of benzene rings is 1. The molecule has 0 atom stereocenters. The summed E-state index contributed by atoms with van der Waals surface area (Å²) in [5.41, 5.74) is -4.23.